The summed E-state index contributed by atoms with van der Waals surface area (Å²) >= 11 is 0. The number of hydrogen-bond acceptors (Lipinski definition) is 4. The van der Waals surface area contributed by atoms with Gasteiger partial charge in [-0.05, 0) is 28.8 Å². The lowest BCUT2D eigenvalue weighted by Crippen LogP contribution is -2.38. The van der Waals surface area contributed by atoms with E-state index in [1.54, 1.807) is 0 Å². The van der Waals surface area contributed by atoms with Crippen LogP contribution in [0, 0.1) is 11.8 Å². The van der Waals surface area contributed by atoms with Crippen LogP contribution in [0.4, 0.5) is 0 Å². The lowest BCUT2D eigenvalue weighted by molar-refractivity contribution is -0.0896. The highest BCUT2D eigenvalue weighted by Gasteiger charge is 2.46. The van der Waals surface area contributed by atoms with Gasteiger partial charge in [-0.2, -0.15) is 0 Å². The molecule has 5 rings (SSSR count). The van der Waals surface area contributed by atoms with Gasteiger partial charge < -0.3 is 18.9 Å². The fraction of sp³-hybridized carbons (Fsp3) is 0.235. The van der Waals surface area contributed by atoms with Crippen molar-refractivity contribution in [3.8, 4) is 11.8 Å². The Morgan fingerprint density at radius 1 is 0.553 bits per heavy atom. The van der Waals surface area contributed by atoms with Crippen molar-refractivity contribution in [2.75, 3.05) is 6.61 Å². The topological polar surface area (TPSA) is 36.9 Å². The minimum absolute atomic E-state index is 0.321. The zero-order chi connectivity index (χ0) is 25.8. The molecule has 4 aromatic carbocycles. The van der Waals surface area contributed by atoms with E-state index in [2.05, 4.69) is 48.2 Å². The zero-order valence-electron chi connectivity index (χ0n) is 21.3. The molecule has 0 amide bonds. The molecule has 4 nitrogen and oxygen atoms in total. The van der Waals surface area contributed by atoms with Crippen LogP contribution in [0.3, 0.4) is 0 Å². The summed E-state index contributed by atoms with van der Waals surface area (Å²) in [5.41, 5.74) is 4.23. The van der Waals surface area contributed by atoms with Gasteiger partial charge in [0.05, 0.1) is 26.4 Å². The SMILES string of the molecule is C(#C[C@@H]1O[C@H](COCc2ccccc2)[C@@H](OCc2ccccc2)[C@H]1OCc1ccccc1)c1ccccc1. The normalized spacial score (nSPS) is 20.5. The van der Waals surface area contributed by atoms with E-state index in [9.17, 15) is 0 Å². The summed E-state index contributed by atoms with van der Waals surface area (Å²) in [6, 6.07) is 40.4. The average Bonchev–Trinajstić information content (AvgIpc) is 3.32. The molecule has 4 aromatic rings. The quantitative estimate of drug-likeness (QED) is 0.241. The van der Waals surface area contributed by atoms with Gasteiger partial charge in [0.15, 0.2) is 0 Å². The van der Waals surface area contributed by atoms with Gasteiger partial charge in [0.2, 0.25) is 0 Å². The predicted molar refractivity (Wildman–Crippen MR) is 148 cm³/mol. The van der Waals surface area contributed by atoms with Crippen molar-refractivity contribution >= 4 is 0 Å². The molecule has 0 saturated carbocycles. The third kappa shape index (κ3) is 7.41. The summed E-state index contributed by atoms with van der Waals surface area (Å²) in [6.07, 6.45) is -1.49. The Hall–Kier alpha value is -3.72. The van der Waals surface area contributed by atoms with Crippen LogP contribution in [0.15, 0.2) is 121 Å². The first-order chi connectivity index (χ1) is 18.8. The minimum Gasteiger partial charge on any atom is -0.374 e. The second kappa shape index (κ2) is 13.7. The molecule has 4 heteroatoms. The second-order valence-electron chi connectivity index (χ2n) is 9.25. The van der Waals surface area contributed by atoms with E-state index in [0.717, 1.165) is 22.3 Å². The van der Waals surface area contributed by atoms with E-state index in [1.807, 2.05) is 84.9 Å². The van der Waals surface area contributed by atoms with E-state index < -0.39 is 6.10 Å². The van der Waals surface area contributed by atoms with E-state index in [0.29, 0.717) is 26.4 Å². The molecular formula is C34H32O4. The Kier molecular flexibility index (Phi) is 9.35. The molecule has 1 aliphatic rings. The summed E-state index contributed by atoms with van der Waals surface area (Å²) in [5.74, 6) is 6.58. The average molecular weight is 505 g/mol. The highest BCUT2D eigenvalue weighted by molar-refractivity contribution is 5.35. The summed E-state index contributed by atoms with van der Waals surface area (Å²) in [6.45, 7) is 1.78. The summed E-state index contributed by atoms with van der Waals surface area (Å²) < 4.78 is 25.5. The maximum absolute atomic E-state index is 6.49. The fourth-order valence-corrected chi connectivity index (χ4v) is 4.44. The maximum atomic E-state index is 6.49. The van der Waals surface area contributed by atoms with Crippen LogP contribution >= 0.6 is 0 Å². The lowest BCUT2D eigenvalue weighted by Gasteiger charge is -2.24. The fourth-order valence-electron chi connectivity index (χ4n) is 4.44. The summed E-state index contributed by atoms with van der Waals surface area (Å²) in [4.78, 5) is 0. The molecule has 1 heterocycles. The number of rotatable bonds is 10. The Bertz CT molecular complexity index is 1280. The molecule has 4 atom stereocenters. The molecule has 0 spiro atoms. The highest BCUT2D eigenvalue weighted by Crippen LogP contribution is 2.29. The predicted octanol–water partition coefficient (Wildman–Crippen LogP) is 6.19. The Morgan fingerprint density at radius 3 is 1.58 bits per heavy atom. The zero-order valence-corrected chi connectivity index (χ0v) is 21.3. The van der Waals surface area contributed by atoms with Crippen molar-refractivity contribution in [1.82, 2.24) is 0 Å². The molecule has 0 aromatic heterocycles. The van der Waals surface area contributed by atoms with Gasteiger partial charge in [-0.1, -0.05) is 121 Å². The first kappa shape index (κ1) is 25.9. The first-order valence-electron chi connectivity index (χ1n) is 13.0. The maximum Gasteiger partial charge on any atom is 0.147 e. The van der Waals surface area contributed by atoms with Crippen molar-refractivity contribution in [3.05, 3.63) is 144 Å². The number of hydrogen-bond donors (Lipinski definition) is 0. The number of benzene rings is 4. The van der Waals surface area contributed by atoms with Gasteiger partial charge >= 0.3 is 0 Å². The van der Waals surface area contributed by atoms with Gasteiger partial charge in [0, 0.05) is 5.56 Å². The molecule has 0 N–H and O–H groups in total. The van der Waals surface area contributed by atoms with Crippen molar-refractivity contribution in [3.63, 3.8) is 0 Å². The van der Waals surface area contributed by atoms with Crippen molar-refractivity contribution in [2.24, 2.45) is 0 Å². The van der Waals surface area contributed by atoms with Gasteiger partial charge in [-0.15, -0.1) is 0 Å². The Labute approximate surface area is 225 Å². The van der Waals surface area contributed by atoms with Gasteiger partial charge in [0.1, 0.15) is 24.4 Å². The third-order valence-electron chi connectivity index (χ3n) is 6.41. The molecule has 192 valence electrons. The molecule has 1 saturated heterocycles. The van der Waals surface area contributed by atoms with Crippen LogP contribution in [-0.2, 0) is 38.8 Å². The van der Waals surface area contributed by atoms with Crippen LogP contribution in [0.25, 0.3) is 0 Å². The monoisotopic (exact) mass is 504 g/mol. The van der Waals surface area contributed by atoms with E-state index in [4.69, 9.17) is 18.9 Å². The van der Waals surface area contributed by atoms with Gasteiger partial charge in [0.25, 0.3) is 0 Å². The van der Waals surface area contributed by atoms with E-state index in [1.165, 1.54) is 0 Å². The van der Waals surface area contributed by atoms with Crippen molar-refractivity contribution in [1.29, 1.82) is 0 Å². The molecule has 0 aliphatic carbocycles. The highest BCUT2D eigenvalue weighted by atomic mass is 16.6. The Balaban J connectivity index is 1.35. The molecule has 0 bridgehead atoms. The molecule has 1 aliphatic heterocycles. The molecule has 38 heavy (non-hydrogen) atoms. The van der Waals surface area contributed by atoms with E-state index in [-0.39, 0.29) is 18.3 Å². The van der Waals surface area contributed by atoms with Crippen LogP contribution in [0.5, 0.6) is 0 Å². The first-order valence-corrected chi connectivity index (χ1v) is 13.0. The van der Waals surface area contributed by atoms with Gasteiger partial charge in [-0.25, -0.2) is 0 Å². The molecule has 0 radical (unpaired) electrons. The standard InChI is InChI=1S/C34H32O4/c1-5-13-27(14-6-1)21-22-31-33(36-24-29-17-9-3-10-18-29)34(37-25-30-19-11-4-12-20-30)32(38-31)26-35-23-28-15-7-2-8-16-28/h1-20,31-34H,23-26H2/t31-,32+,33-,34+/m0/s1. The molecular weight excluding hydrogens is 472 g/mol. The second-order valence-corrected chi connectivity index (χ2v) is 9.25. The van der Waals surface area contributed by atoms with E-state index >= 15 is 0 Å². The van der Waals surface area contributed by atoms with Crippen molar-refractivity contribution in [2.45, 2.75) is 44.2 Å². The largest absolute Gasteiger partial charge is 0.374 e. The minimum atomic E-state index is -0.454. The van der Waals surface area contributed by atoms with Crippen LogP contribution < -0.4 is 0 Å². The number of ether oxygens (including phenoxy) is 4. The molecule has 0 unspecified atom stereocenters. The lowest BCUT2D eigenvalue weighted by atomic mass is 10.1. The summed E-state index contributed by atoms with van der Waals surface area (Å²) in [7, 11) is 0. The van der Waals surface area contributed by atoms with Crippen LogP contribution in [0.1, 0.15) is 22.3 Å². The summed E-state index contributed by atoms with van der Waals surface area (Å²) in [5, 5.41) is 0. The van der Waals surface area contributed by atoms with Crippen LogP contribution in [0.2, 0.25) is 0 Å². The Morgan fingerprint density at radius 2 is 1.03 bits per heavy atom. The van der Waals surface area contributed by atoms with Gasteiger partial charge in [-0.3, -0.25) is 0 Å². The third-order valence-corrected chi connectivity index (χ3v) is 6.41. The molecule has 1 fully saturated rings. The smallest absolute Gasteiger partial charge is 0.147 e. The van der Waals surface area contributed by atoms with Crippen molar-refractivity contribution < 1.29 is 18.9 Å². The van der Waals surface area contributed by atoms with Crippen LogP contribution in [-0.4, -0.2) is 31.0 Å².